The SMILES string of the molecule is Cc1c(C)c2c(c(C)c1OCc1ccccc1)C(CN1CCC[C@H]1COc1ccc(/C=C3\SC(=O)N(C(=O)CC(O)C(=O)O)C3=O)cc1)C(C)(C)O2. The van der Waals surface area contributed by atoms with Gasteiger partial charge in [0.1, 0.15) is 36.1 Å². The number of carboxylic acid groups (broad SMARTS) is 1. The zero-order valence-corrected chi connectivity index (χ0v) is 30.8. The van der Waals surface area contributed by atoms with Crippen molar-refractivity contribution < 1.29 is 43.6 Å². The van der Waals surface area contributed by atoms with E-state index in [0.717, 1.165) is 59.7 Å². The van der Waals surface area contributed by atoms with E-state index in [2.05, 4.69) is 51.7 Å². The van der Waals surface area contributed by atoms with Gasteiger partial charge in [0.2, 0.25) is 5.91 Å². The molecule has 3 amide bonds. The minimum absolute atomic E-state index is 0.0225. The number of imide groups is 3. The zero-order valence-electron chi connectivity index (χ0n) is 30.0. The molecule has 0 aromatic heterocycles. The molecule has 3 atom stereocenters. The first kappa shape index (κ1) is 37.1. The average Bonchev–Trinajstić information content (AvgIpc) is 3.76. The second kappa shape index (κ2) is 15.1. The number of fused-ring (bicyclic) bond motifs is 1. The summed E-state index contributed by atoms with van der Waals surface area (Å²) in [7, 11) is 0. The van der Waals surface area contributed by atoms with E-state index in [9.17, 15) is 24.3 Å². The Labute approximate surface area is 307 Å². The normalized spacial score (nSPS) is 21.0. The molecule has 2 unspecified atom stereocenters. The van der Waals surface area contributed by atoms with Gasteiger partial charge in [-0.3, -0.25) is 19.3 Å². The molecule has 274 valence electrons. The summed E-state index contributed by atoms with van der Waals surface area (Å²) in [6.45, 7) is 13.5. The third-order valence-corrected chi connectivity index (χ3v) is 11.1. The van der Waals surface area contributed by atoms with Crippen molar-refractivity contribution in [3.8, 4) is 17.2 Å². The Balaban J connectivity index is 1.10. The molecule has 0 saturated carbocycles. The summed E-state index contributed by atoms with van der Waals surface area (Å²) in [5.41, 5.74) is 5.90. The van der Waals surface area contributed by atoms with Crippen LogP contribution in [0.1, 0.15) is 72.4 Å². The third-order valence-electron chi connectivity index (χ3n) is 10.2. The number of hydrogen-bond donors (Lipinski definition) is 2. The van der Waals surface area contributed by atoms with Crippen LogP contribution in [-0.4, -0.2) is 80.5 Å². The highest BCUT2D eigenvalue weighted by molar-refractivity contribution is 8.18. The lowest BCUT2D eigenvalue weighted by Crippen LogP contribution is -2.42. The molecular formula is C40H44N2O9S. The summed E-state index contributed by atoms with van der Waals surface area (Å²) in [4.78, 5) is 51.2. The lowest BCUT2D eigenvalue weighted by Gasteiger charge is -2.33. The minimum Gasteiger partial charge on any atom is -0.492 e. The van der Waals surface area contributed by atoms with Crippen molar-refractivity contribution in [1.29, 1.82) is 0 Å². The number of nitrogens with zero attached hydrogens (tertiary/aromatic N) is 2. The van der Waals surface area contributed by atoms with Crippen molar-refractivity contribution >= 4 is 40.9 Å². The second-order valence-corrected chi connectivity index (χ2v) is 15.1. The molecule has 52 heavy (non-hydrogen) atoms. The molecule has 3 aliphatic rings. The highest BCUT2D eigenvalue weighted by Gasteiger charge is 2.46. The number of carbonyl (C=O) groups excluding carboxylic acids is 3. The van der Waals surface area contributed by atoms with E-state index in [1.54, 1.807) is 24.3 Å². The predicted molar refractivity (Wildman–Crippen MR) is 196 cm³/mol. The fraction of sp³-hybridized carbons (Fsp3) is 0.400. The van der Waals surface area contributed by atoms with Crippen molar-refractivity contribution in [2.24, 2.45) is 0 Å². The lowest BCUT2D eigenvalue weighted by molar-refractivity contribution is -0.151. The molecule has 6 rings (SSSR count). The van der Waals surface area contributed by atoms with E-state index >= 15 is 0 Å². The number of carboxylic acids is 1. The summed E-state index contributed by atoms with van der Waals surface area (Å²) in [5, 5.41) is 17.5. The largest absolute Gasteiger partial charge is 0.492 e. The maximum absolute atomic E-state index is 12.8. The number of aliphatic hydroxyl groups excluding tert-OH is 1. The Bertz CT molecular complexity index is 1910. The zero-order chi connectivity index (χ0) is 37.3. The van der Waals surface area contributed by atoms with Crippen LogP contribution in [-0.2, 0) is 21.0 Å². The molecule has 0 aliphatic carbocycles. The highest BCUT2D eigenvalue weighted by atomic mass is 32.2. The Morgan fingerprint density at radius 1 is 1.02 bits per heavy atom. The first-order valence-corrected chi connectivity index (χ1v) is 18.2. The Morgan fingerprint density at radius 2 is 1.73 bits per heavy atom. The van der Waals surface area contributed by atoms with E-state index in [4.69, 9.17) is 19.3 Å². The number of ether oxygens (including phenoxy) is 3. The van der Waals surface area contributed by atoms with Gasteiger partial charge in [0.05, 0.1) is 11.3 Å². The smallest absolute Gasteiger partial charge is 0.333 e. The van der Waals surface area contributed by atoms with Gasteiger partial charge in [0, 0.05) is 24.1 Å². The van der Waals surface area contributed by atoms with Gasteiger partial charge in [-0.15, -0.1) is 0 Å². The van der Waals surface area contributed by atoms with Crippen molar-refractivity contribution in [1.82, 2.24) is 9.80 Å². The van der Waals surface area contributed by atoms with Gasteiger partial charge in [0.15, 0.2) is 6.10 Å². The highest BCUT2D eigenvalue weighted by Crippen LogP contribution is 2.52. The number of amides is 3. The lowest BCUT2D eigenvalue weighted by atomic mass is 9.82. The number of benzene rings is 3. The monoisotopic (exact) mass is 728 g/mol. The van der Waals surface area contributed by atoms with Crippen LogP contribution in [0.2, 0.25) is 0 Å². The van der Waals surface area contributed by atoms with E-state index in [-0.39, 0.29) is 16.9 Å². The molecule has 3 aromatic rings. The van der Waals surface area contributed by atoms with Gasteiger partial charge >= 0.3 is 5.97 Å². The van der Waals surface area contributed by atoms with Crippen molar-refractivity contribution in [3.05, 3.63) is 92.9 Å². The predicted octanol–water partition coefficient (Wildman–Crippen LogP) is 6.39. The minimum atomic E-state index is -2.01. The summed E-state index contributed by atoms with van der Waals surface area (Å²) in [6, 6.07) is 17.5. The number of thioether (sulfide) groups is 1. The molecule has 11 nitrogen and oxygen atoms in total. The molecule has 0 radical (unpaired) electrons. The number of rotatable bonds is 12. The van der Waals surface area contributed by atoms with Crippen LogP contribution in [0, 0.1) is 20.8 Å². The first-order valence-electron chi connectivity index (χ1n) is 17.4. The van der Waals surface area contributed by atoms with Gasteiger partial charge in [-0.25, -0.2) is 9.69 Å². The fourth-order valence-electron chi connectivity index (χ4n) is 7.20. The Morgan fingerprint density at radius 3 is 2.42 bits per heavy atom. The van der Waals surface area contributed by atoms with Crippen molar-refractivity contribution in [2.75, 3.05) is 19.7 Å². The van der Waals surface area contributed by atoms with E-state index in [0.29, 0.717) is 41.2 Å². The molecule has 3 aliphatic heterocycles. The Kier molecular flexibility index (Phi) is 10.8. The topological polar surface area (TPSA) is 143 Å². The number of aliphatic carboxylic acids is 1. The van der Waals surface area contributed by atoms with Gasteiger partial charge in [-0.2, -0.15) is 0 Å². The van der Waals surface area contributed by atoms with Gasteiger partial charge in [-0.1, -0.05) is 42.5 Å². The van der Waals surface area contributed by atoms with Crippen LogP contribution < -0.4 is 14.2 Å². The molecule has 2 fully saturated rings. The van der Waals surface area contributed by atoms with Crippen LogP contribution in [0.25, 0.3) is 6.08 Å². The van der Waals surface area contributed by atoms with Crippen molar-refractivity contribution in [3.63, 3.8) is 0 Å². The maximum atomic E-state index is 12.8. The van der Waals surface area contributed by atoms with Crippen LogP contribution in [0.4, 0.5) is 4.79 Å². The molecule has 2 saturated heterocycles. The van der Waals surface area contributed by atoms with Crippen LogP contribution in [0.15, 0.2) is 59.5 Å². The number of likely N-dealkylation sites (tertiary alicyclic amines) is 1. The number of carbonyl (C=O) groups is 4. The molecule has 3 aromatic carbocycles. The Hall–Kier alpha value is -4.65. The van der Waals surface area contributed by atoms with E-state index in [1.165, 1.54) is 11.6 Å². The quantitative estimate of drug-likeness (QED) is 0.201. The van der Waals surface area contributed by atoms with E-state index < -0.39 is 41.1 Å². The van der Waals surface area contributed by atoms with Gasteiger partial charge < -0.3 is 24.4 Å². The molecule has 0 spiro atoms. The van der Waals surface area contributed by atoms with Gasteiger partial charge in [-0.05, 0) is 112 Å². The molecular weight excluding hydrogens is 685 g/mol. The summed E-state index contributed by atoms with van der Waals surface area (Å²) in [6.07, 6.45) is 0.675. The summed E-state index contributed by atoms with van der Waals surface area (Å²) < 4.78 is 19.4. The first-order chi connectivity index (χ1) is 24.7. The van der Waals surface area contributed by atoms with E-state index in [1.807, 2.05) is 18.2 Å². The second-order valence-electron chi connectivity index (χ2n) is 14.1. The molecule has 0 bridgehead atoms. The van der Waals surface area contributed by atoms with Crippen LogP contribution in [0.5, 0.6) is 17.2 Å². The molecule has 12 heteroatoms. The summed E-state index contributed by atoms with van der Waals surface area (Å²) >= 11 is 0.581. The van der Waals surface area contributed by atoms with Crippen molar-refractivity contribution in [2.45, 2.75) is 84.2 Å². The molecule has 2 N–H and O–H groups in total. The standard InChI is InChI=1S/C40H44N2O9S/c1-23-24(2)36-34(25(3)35(23)50-21-27-10-7-6-8-11-27)30(40(4,5)51-36)20-41-17-9-12-28(41)22-49-29-15-13-26(14-16-29)18-32-37(45)42(39(48)52-32)33(44)19-31(43)38(46)47/h6-8,10-11,13-16,18,28,30-31,43H,9,12,17,19-22H2,1-5H3,(H,46,47)/b32-18-/t28-,30?,31?/m0/s1. The summed E-state index contributed by atoms with van der Waals surface area (Å²) in [5.74, 6) is -0.854. The fourth-order valence-corrected chi connectivity index (χ4v) is 8.03. The number of aliphatic hydroxyl groups is 1. The molecule has 3 heterocycles. The van der Waals surface area contributed by atoms with Crippen LogP contribution in [0.3, 0.4) is 0 Å². The average molecular weight is 729 g/mol. The van der Waals surface area contributed by atoms with Crippen LogP contribution >= 0.6 is 11.8 Å². The third kappa shape index (κ3) is 7.60. The maximum Gasteiger partial charge on any atom is 0.333 e. The van der Waals surface area contributed by atoms with Gasteiger partial charge in [0.25, 0.3) is 11.1 Å². The number of hydrogen-bond acceptors (Lipinski definition) is 10.